The first-order valence-corrected chi connectivity index (χ1v) is 5.07. The van der Waals surface area contributed by atoms with Gasteiger partial charge in [-0.05, 0) is 6.42 Å². The second kappa shape index (κ2) is 14.0. The van der Waals surface area contributed by atoms with Crippen LogP contribution in [0.15, 0.2) is 0 Å². The van der Waals surface area contributed by atoms with Gasteiger partial charge in [-0.15, -0.1) is 0 Å². The van der Waals surface area contributed by atoms with Crippen LogP contribution in [0.3, 0.4) is 0 Å². The van der Waals surface area contributed by atoms with Gasteiger partial charge in [-0.25, -0.2) is 0 Å². The molecule has 1 N–H and O–H groups in total. The summed E-state index contributed by atoms with van der Waals surface area (Å²) in [6, 6.07) is 0. The summed E-state index contributed by atoms with van der Waals surface area (Å²) in [5.74, 6) is -0.0244. The molecule has 0 aromatic rings. The predicted molar refractivity (Wildman–Crippen MR) is 57.9 cm³/mol. The lowest BCUT2D eigenvalue weighted by molar-refractivity contribution is -0.124. The molecule has 1 amide bonds. The topological polar surface area (TPSA) is 38.3 Å². The maximum Gasteiger partial charge on any atom is 0.245 e. The van der Waals surface area contributed by atoms with E-state index in [4.69, 9.17) is 0 Å². The van der Waals surface area contributed by atoms with Crippen LogP contribution in [0.5, 0.6) is 0 Å². The molecule has 13 heavy (non-hydrogen) atoms. The highest BCUT2D eigenvalue weighted by atomic mass is 16.5. The van der Waals surface area contributed by atoms with E-state index < -0.39 is 0 Å². The highest BCUT2D eigenvalue weighted by Crippen LogP contribution is 1.90. The molecule has 0 heterocycles. The van der Waals surface area contributed by atoms with Gasteiger partial charge < -0.3 is 10.1 Å². The fourth-order valence-electron chi connectivity index (χ4n) is 0.785. The van der Waals surface area contributed by atoms with Gasteiger partial charge in [0.1, 0.15) is 6.61 Å². The van der Waals surface area contributed by atoms with Gasteiger partial charge >= 0.3 is 0 Å². The van der Waals surface area contributed by atoms with Gasteiger partial charge in [0, 0.05) is 15.1 Å². The molecule has 0 unspecified atom stereocenters. The van der Waals surface area contributed by atoms with Crippen molar-refractivity contribution in [2.24, 2.45) is 0 Å². The molecule has 3 heteroatoms. The average Bonchev–Trinajstić information content (AvgIpc) is 2.16. The van der Waals surface area contributed by atoms with Crippen LogP contribution in [0.4, 0.5) is 0 Å². The summed E-state index contributed by atoms with van der Waals surface area (Å²) < 4.78 is 4.65. The average molecular weight is 191 g/mol. The summed E-state index contributed by atoms with van der Waals surface area (Å²) in [7, 11) is 1.52. The fraction of sp³-hybridized carbons (Fsp3) is 0.900. The van der Waals surface area contributed by atoms with Crippen LogP contribution in [0.1, 0.15) is 41.5 Å². The van der Waals surface area contributed by atoms with Crippen molar-refractivity contribution in [3.8, 4) is 0 Å². The zero-order chi connectivity index (χ0) is 10.5. The van der Waals surface area contributed by atoms with E-state index in [0.29, 0.717) is 0 Å². The van der Waals surface area contributed by atoms with Crippen molar-refractivity contribution in [2.75, 3.05) is 20.3 Å². The minimum Gasteiger partial charge on any atom is -0.375 e. The summed E-state index contributed by atoms with van der Waals surface area (Å²) in [5.41, 5.74) is 0. The Morgan fingerprint density at radius 1 is 1.38 bits per heavy atom. The van der Waals surface area contributed by atoms with E-state index in [2.05, 4.69) is 17.0 Å². The van der Waals surface area contributed by atoms with E-state index in [1.807, 2.05) is 13.8 Å². The standard InChI is InChI=1S/C8H17NO2.C2H6.H2/c1-3-4-5-6-9-8(10)7-11-2;1-2;/h3-7H2,1-2H3,(H,9,10);1-2H3;1H. The van der Waals surface area contributed by atoms with Crippen molar-refractivity contribution in [2.45, 2.75) is 40.0 Å². The van der Waals surface area contributed by atoms with Crippen molar-refractivity contribution in [3.05, 3.63) is 0 Å². The first kappa shape index (κ1) is 14.9. The summed E-state index contributed by atoms with van der Waals surface area (Å²) in [5, 5.41) is 2.75. The minimum atomic E-state index is -0.0244. The number of hydrogen-bond donors (Lipinski definition) is 1. The van der Waals surface area contributed by atoms with Gasteiger partial charge in [0.2, 0.25) is 5.91 Å². The minimum absolute atomic E-state index is 0. The molecule has 0 spiro atoms. The van der Waals surface area contributed by atoms with Crippen LogP contribution in [0.2, 0.25) is 0 Å². The van der Waals surface area contributed by atoms with Crippen LogP contribution in [-0.4, -0.2) is 26.2 Å². The Labute approximate surface area is 83.3 Å². The van der Waals surface area contributed by atoms with Gasteiger partial charge in [-0.1, -0.05) is 33.6 Å². The van der Waals surface area contributed by atoms with Crippen molar-refractivity contribution >= 4 is 5.91 Å². The Morgan fingerprint density at radius 2 is 2.00 bits per heavy atom. The number of nitrogens with one attached hydrogen (secondary N) is 1. The predicted octanol–water partition coefficient (Wildman–Crippen LogP) is 2.21. The quantitative estimate of drug-likeness (QED) is 0.654. The SMILES string of the molecule is CC.CCCCCNC(=O)COC.[HH]. The van der Waals surface area contributed by atoms with E-state index >= 15 is 0 Å². The first-order valence-electron chi connectivity index (χ1n) is 5.07. The van der Waals surface area contributed by atoms with E-state index in [9.17, 15) is 4.79 Å². The Bertz CT molecular complexity index is 110. The molecule has 0 atom stereocenters. The maximum absolute atomic E-state index is 10.8. The Balaban J connectivity index is -0.000000376. The molecule has 0 saturated heterocycles. The second-order valence-electron chi connectivity index (χ2n) is 2.49. The first-order chi connectivity index (χ1) is 6.31. The molecule has 0 aliphatic heterocycles. The lowest BCUT2D eigenvalue weighted by atomic mass is 10.2. The fourth-order valence-corrected chi connectivity index (χ4v) is 0.785. The molecule has 0 aromatic heterocycles. The van der Waals surface area contributed by atoms with Crippen LogP contribution in [-0.2, 0) is 9.53 Å². The van der Waals surface area contributed by atoms with E-state index in [-0.39, 0.29) is 13.9 Å². The second-order valence-corrected chi connectivity index (χ2v) is 2.49. The third-order valence-corrected chi connectivity index (χ3v) is 1.38. The van der Waals surface area contributed by atoms with Crippen LogP contribution < -0.4 is 5.32 Å². The van der Waals surface area contributed by atoms with Crippen LogP contribution in [0.25, 0.3) is 0 Å². The highest BCUT2D eigenvalue weighted by molar-refractivity contribution is 5.77. The zero-order valence-corrected chi connectivity index (χ0v) is 9.35. The normalized spacial score (nSPS) is 8.62. The van der Waals surface area contributed by atoms with Gasteiger partial charge in [0.15, 0.2) is 0 Å². The van der Waals surface area contributed by atoms with Crippen molar-refractivity contribution in [1.29, 1.82) is 0 Å². The van der Waals surface area contributed by atoms with Crippen LogP contribution >= 0.6 is 0 Å². The summed E-state index contributed by atoms with van der Waals surface area (Å²) in [6.07, 6.45) is 3.42. The van der Waals surface area contributed by atoms with Crippen LogP contribution in [0, 0.1) is 0 Å². The number of unbranched alkanes of at least 4 members (excludes halogenated alkanes) is 2. The number of hydrogen-bond acceptors (Lipinski definition) is 2. The monoisotopic (exact) mass is 191 g/mol. The smallest absolute Gasteiger partial charge is 0.245 e. The highest BCUT2D eigenvalue weighted by Gasteiger charge is 1.96. The number of methoxy groups -OCH3 is 1. The largest absolute Gasteiger partial charge is 0.375 e. The number of carbonyl (C=O) groups excluding carboxylic acids is 1. The van der Waals surface area contributed by atoms with Gasteiger partial charge in [-0.2, -0.15) is 0 Å². The number of amides is 1. The molecule has 82 valence electrons. The molecule has 0 aliphatic rings. The third kappa shape index (κ3) is 14.3. The van der Waals surface area contributed by atoms with E-state index in [0.717, 1.165) is 13.0 Å². The number of carbonyl (C=O) groups is 1. The van der Waals surface area contributed by atoms with Crippen molar-refractivity contribution < 1.29 is 11.0 Å². The van der Waals surface area contributed by atoms with Gasteiger partial charge in [0.05, 0.1) is 0 Å². The molecule has 0 aromatic carbocycles. The number of ether oxygens (including phenoxy) is 1. The molecule has 0 fully saturated rings. The van der Waals surface area contributed by atoms with Crippen molar-refractivity contribution in [3.63, 3.8) is 0 Å². The summed E-state index contributed by atoms with van der Waals surface area (Å²) in [4.78, 5) is 10.8. The maximum atomic E-state index is 10.8. The molecular formula is C10H25NO2. The van der Waals surface area contributed by atoms with E-state index in [1.165, 1.54) is 20.0 Å². The third-order valence-electron chi connectivity index (χ3n) is 1.38. The van der Waals surface area contributed by atoms with Gasteiger partial charge in [-0.3, -0.25) is 4.79 Å². The Hall–Kier alpha value is -0.570. The number of rotatable bonds is 6. The summed E-state index contributed by atoms with van der Waals surface area (Å²) in [6.45, 7) is 7.08. The Kier molecular flexibility index (Phi) is 16.1. The lowest BCUT2D eigenvalue weighted by Crippen LogP contribution is -2.27. The van der Waals surface area contributed by atoms with Crippen molar-refractivity contribution in [1.82, 2.24) is 5.32 Å². The van der Waals surface area contributed by atoms with E-state index in [1.54, 1.807) is 0 Å². The molecule has 0 saturated carbocycles. The molecule has 0 aliphatic carbocycles. The van der Waals surface area contributed by atoms with Gasteiger partial charge in [0.25, 0.3) is 0 Å². The molecule has 3 nitrogen and oxygen atoms in total. The zero-order valence-electron chi connectivity index (χ0n) is 9.35. The summed E-state index contributed by atoms with van der Waals surface area (Å²) >= 11 is 0. The molecule has 0 radical (unpaired) electrons. The molecular weight excluding hydrogens is 166 g/mol. The molecule has 0 rings (SSSR count). The molecule has 0 bridgehead atoms. The lowest BCUT2D eigenvalue weighted by Gasteiger charge is -2.02. The Morgan fingerprint density at radius 3 is 2.46 bits per heavy atom.